The Kier molecular flexibility index (Phi) is 4.17. The molecule has 18 heavy (non-hydrogen) atoms. The fourth-order valence-corrected chi connectivity index (χ4v) is 2.97. The van der Waals surface area contributed by atoms with Crippen LogP contribution in [0, 0.1) is 12.8 Å². The van der Waals surface area contributed by atoms with Gasteiger partial charge in [-0.05, 0) is 37.8 Å². The van der Waals surface area contributed by atoms with Crippen LogP contribution in [0.25, 0.3) is 0 Å². The second-order valence-electron chi connectivity index (χ2n) is 5.08. The first-order chi connectivity index (χ1) is 8.56. The van der Waals surface area contributed by atoms with Crippen molar-refractivity contribution in [2.45, 2.75) is 33.1 Å². The molecule has 2 heterocycles. The maximum absolute atomic E-state index is 12.1. The van der Waals surface area contributed by atoms with Crippen molar-refractivity contribution < 1.29 is 9.59 Å². The molecular weight excluding hydrogens is 246 g/mol. The van der Waals surface area contributed by atoms with E-state index in [9.17, 15) is 9.59 Å². The zero-order chi connectivity index (χ0) is 13.1. The Morgan fingerprint density at radius 3 is 2.89 bits per heavy atom. The molecule has 0 aromatic carbocycles. The highest BCUT2D eigenvalue weighted by atomic mass is 32.1. The summed E-state index contributed by atoms with van der Waals surface area (Å²) in [7, 11) is 0. The van der Waals surface area contributed by atoms with Crippen LogP contribution in [-0.2, 0) is 4.79 Å². The van der Waals surface area contributed by atoms with Gasteiger partial charge in [0.1, 0.15) is 0 Å². The van der Waals surface area contributed by atoms with Gasteiger partial charge in [0, 0.05) is 17.8 Å². The summed E-state index contributed by atoms with van der Waals surface area (Å²) >= 11 is 1.50. The van der Waals surface area contributed by atoms with E-state index in [0.717, 1.165) is 29.1 Å². The summed E-state index contributed by atoms with van der Waals surface area (Å²) in [6.07, 6.45) is 2.53. The van der Waals surface area contributed by atoms with E-state index in [4.69, 9.17) is 0 Å². The Bertz CT molecular complexity index is 452. The number of hydrogen-bond acceptors (Lipinski definition) is 3. The van der Waals surface area contributed by atoms with Crippen molar-refractivity contribution in [3.63, 3.8) is 0 Å². The molecule has 2 rings (SSSR count). The topological polar surface area (TPSA) is 37.4 Å². The zero-order valence-corrected chi connectivity index (χ0v) is 11.8. The molecule has 0 radical (unpaired) electrons. The van der Waals surface area contributed by atoms with Crippen LogP contribution in [-0.4, -0.2) is 29.7 Å². The van der Waals surface area contributed by atoms with Gasteiger partial charge in [0.25, 0.3) is 0 Å². The maximum atomic E-state index is 12.1. The largest absolute Gasteiger partial charge is 0.335 e. The zero-order valence-electron chi connectivity index (χ0n) is 10.9. The quantitative estimate of drug-likeness (QED) is 0.788. The second-order valence-corrected chi connectivity index (χ2v) is 6.37. The molecule has 0 spiro atoms. The van der Waals surface area contributed by atoms with Gasteiger partial charge in [-0.1, -0.05) is 6.92 Å². The van der Waals surface area contributed by atoms with Crippen LogP contribution >= 0.6 is 11.3 Å². The highest BCUT2D eigenvalue weighted by molar-refractivity contribution is 7.14. The highest BCUT2D eigenvalue weighted by Crippen LogP contribution is 2.20. The summed E-state index contributed by atoms with van der Waals surface area (Å²) in [6, 6.07) is 3.80. The van der Waals surface area contributed by atoms with E-state index < -0.39 is 0 Å². The molecule has 1 aliphatic rings. The Balaban J connectivity index is 1.99. The van der Waals surface area contributed by atoms with Gasteiger partial charge in [0.05, 0.1) is 11.4 Å². The number of likely N-dealkylation sites (tertiary alicyclic amines) is 1. The van der Waals surface area contributed by atoms with Gasteiger partial charge in [-0.25, -0.2) is 0 Å². The third kappa shape index (κ3) is 3.19. The monoisotopic (exact) mass is 265 g/mol. The summed E-state index contributed by atoms with van der Waals surface area (Å²) in [5, 5.41) is 0. The number of amides is 1. The van der Waals surface area contributed by atoms with Gasteiger partial charge in [-0.15, -0.1) is 11.3 Å². The number of aryl methyl sites for hydroxylation is 1. The Morgan fingerprint density at radius 2 is 2.22 bits per heavy atom. The van der Waals surface area contributed by atoms with Crippen molar-refractivity contribution in [2.75, 3.05) is 13.1 Å². The van der Waals surface area contributed by atoms with Gasteiger partial charge in [0.2, 0.25) is 5.91 Å². The number of hydrogen-bond donors (Lipinski definition) is 0. The summed E-state index contributed by atoms with van der Waals surface area (Å²) in [4.78, 5) is 27.6. The minimum Gasteiger partial charge on any atom is -0.335 e. The van der Waals surface area contributed by atoms with Gasteiger partial charge < -0.3 is 4.90 Å². The molecule has 3 nitrogen and oxygen atoms in total. The average molecular weight is 265 g/mol. The molecule has 0 saturated carbocycles. The minimum atomic E-state index is 0.0657. The Morgan fingerprint density at radius 1 is 1.44 bits per heavy atom. The van der Waals surface area contributed by atoms with E-state index in [1.807, 2.05) is 19.1 Å². The Hall–Kier alpha value is -1.16. The van der Waals surface area contributed by atoms with Crippen LogP contribution in [0.5, 0.6) is 0 Å². The number of Topliss-reactive ketones (excluding diaryl/α,β-unsaturated/α-hetero) is 1. The van der Waals surface area contributed by atoms with Crippen LogP contribution in [0.15, 0.2) is 12.1 Å². The van der Waals surface area contributed by atoms with Crippen molar-refractivity contribution in [1.29, 1.82) is 0 Å². The SMILES string of the molecule is Cc1ccc(C(=O)CN2CCC(C)CCC2=O)s1. The molecule has 1 amide bonds. The molecule has 1 atom stereocenters. The lowest BCUT2D eigenvalue weighted by Crippen LogP contribution is -2.35. The molecular formula is C14H19NO2S. The maximum Gasteiger partial charge on any atom is 0.222 e. The lowest BCUT2D eigenvalue weighted by atomic mass is 10.0. The summed E-state index contributed by atoms with van der Waals surface area (Å²) in [5.74, 6) is 0.773. The van der Waals surface area contributed by atoms with E-state index in [2.05, 4.69) is 6.92 Å². The number of thiophene rings is 1. The smallest absolute Gasteiger partial charge is 0.222 e. The predicted molar refractivity (Wildman–Crippen MR) is 73.0 cm³/mol. The number of carbonyl (C=O) groups excluding carboxylic acids is 2. The summed E-state index contributed by atoms with van der Waals surface area (Å²) < 4.78 is 0. The van der Waals surface area contributed by atoms with Gasteiger partial charge in [-0.2, -0.15) is 0 Å². The fraction of sp³-hybridized carbons (Fsp3) is 0.571. The van der Waals surface area contributed by atoms with E-state index in [1.54, 1.807) is 4.90 Å². The van der Waals surface area contributed by atoms with Crippen LogP contribution in [0.4, 0.5) is 0 Å². The molecule has 1 saturated heterocycles. The minimum absolute atomic E-state index is 0.0657. The molecule has 1 fully saturated rings. The summed E-state index contributed by atoms with van der Waals surface area (Å²) in [6.45, 7) is 5.11. The van der Waals surface area contributed by atoms with Gasteiger partial charge >= 0.3 is 0 Å². The molecule has 1 aromatic heterocycles. The van der Waals surface area contributed by atoms with Gasteiger partial charge in [0.15, 0.2) is 5.78 Å². The van der Waals surface area contributed by atoms with Gasteiger partial charge in [-0.3, -0.25) is 9.59 Å². The summed E-state index contributed by atoms with van der Waals surface area (Å²) in [5.41, 5.74) is 0. The number of nitrogens with zero attached hydrogens (tertiary/aromatic N) is 1. The van der Waals surface area contributed by atoms with E-state index in [0.29, 0.717) is 12.3 Å². The average Bonchev–Trinajstić information content (AvgIpc) is 2.71. The molecule has 0 N–H and O–H groups in total. The lowest BCUT2D eigenvalue weighted by Gasteiger charge is -2.19. The van der Waals surface area contributed by atoms with Crippen molar-refractivity contribution in [2.24, 2.45) is 5.92 Å². The molecule has 1 aromatic rings. The highest BCUT2D eigenvalue weighted by Gasteiger charge is 2.22. The second kappa shape index (κ2) is 5.65. The number of ketones is 1. The normalized spacial score (nSPS) is 20.9. The fourth-order valence-electron chi connectivity index (χ4n) is 2.18. The van der Waals surface area contributed by atoms with Crippen LogP contribution in [0.2, 0.25) is 0 Å². The first kappa shape index (κ1) is 13.3. The van der Waals surface area contributed by atoms with E-state index in [-0.39, 0.29) is 18.2 Å². The molecule has 1 aliphatic heterocycles. The lowest BCUT2D eigenvalue weighted by molar-refractivity contribution is -0.130. The Labute approximate surface area is 112 Å². The molecule has 98 valence electrons. The first-order valence-electron chi connectivity index (χ1n) is 6.43. The first-order valence-corrected chi connectivity index (χ1v) is 7.25. The van der Waals surface area contributed by atoms with Crippen LogP contribution in [0.1, 0.15) is 40.7 Å². The molecule has 4 heteroatoms. The van der Waals surface area contributed by atoms with Crippen molar-refractivity contribution in [3.8, 4) is 0 Å². The number of carbonyl (C=O) groups is 2. The predicted octanol–water partition coefficient (Wildman–Crippen LogP) is 2.89. The molecule has 0 aliphatic carbocycles. The van der Waals surface area contributed by atoms with Crippen LogP contribution < -0.4 is 0 Å². The van der Waals surface area contributed by atoms with Crippen molar-refractivity contribution in [3.05, 3.63) is 21.9 Å². The van der Waals surface area contributed by atoms with Crippen molar-refractivity contribution >= 4 is 23.0 Å². The standard InChI is InChI=1S/C14H19NO2S/c1-10-3-6-14(17)15(8-7-10)9-12(16)13-5-4-11(2)18-13/h4-5,10H,3,6-9H2,1-2H3. The van der Waals surface area contributed by atoms with E-state index >= 15 is 0 Å². The third-order valence-electron chi connectivity index (χ3n) is 3.45. The third-order valence-corrected chi connectivity index (χ3v) is 4.49. The van der Waals surface area contributed by atoms with Crippen LogP contribution in [0.3, 0.4) is 0 Å². The van der Waals surface area contributed by atoms with E-state index in [1.165, 1.54) is 11.3 Å². The molecule has 1 unspecified atom stereocenters. The molecule has 0 bridgehead atoms. The van der Waals surface area contributed by atoms with Crippen molar-refractivity contribution in [1.82, 2.24) is 4.90 Å². The number of rotatable bonds is 3.